The van der Waals surface area contributed by atoms with E-state index in [2.05, 4.69) is 31.2 Å². The quantitative estimate of drug-likeness (QED) is 0.261. The van der Waals surface area contributed by atoms with Crippen molar-refractivity contribution in [1.29, 1.82) is 0 Å². The summed E-state index contributed by atoms with van der Waals surface area (Å²) in [5, 5.41) is 0.858. The predicted octanol–water partition coefficient (Wildman–Crippen LogP) is 5.69. The largest absolute Gasteiger partial charge is 0.102 e. The predicted molar refractivity (Wildman–Crippen MR) is 77.7 cm³/mol. The van der Waals surface area contributed by atoms with Gasteiger partial charge in [0.05, 0.1) is 0 Å². The molecule has 1 atom stereocenters. The molecule has 0 saturated heterocycles. The molecule has 0 spiro atoms. The average Bonchev–Trinajstić information content (AvgIpc) is 2.26. The van der Waals surface area contributed by atoms with Crippen LogP contribution in [0.25, 0.3) is 0 Å². The maximum Gasteiger partial charge on any atom is 0.0215 e. The Morgan fingerprint density at radius 2 is 1.87 bits per heavy atom. The monoisotopic (exact) mass is 246 g/mol. The van der Waals surface area contributed by atoms with Crippen LogP contribution in [0.15, 0.2) is 12.7 Å². The molecule has 0 aromatic carbocycles. The third-order valence-electron chi connectivity index (χ3n) is 2.48. The van der Waals surface area contributed by atoms with Crippen molar-refractivity contribution in [3.8, 4) is 0 Å². The van der Waals surface area contributed by atoms with Crippen LogP contribution in [0.4, 0.5) is 0 Å². The number of hydrogen-bond acceptors (Lipinski definition) is 2. The zero-order valence-electron chi connectivity index (χ0n) is 10.3. The van der Waals surface area contributed by atoms with Crippen LogP contribution in [0.2, 0.25) is 0 Å². The van der Waals surface area contributed by atoms with Crippen molar-refractivity contribution in [1.82, 2.24) is 0 Å². The first-order valence-electron chi connectivity index (χ1n) is 6.24. The lowest BCUT2D eigenvalue weighted by molar-refractivity contribution is 0.593. The Labute approximate surface area is 104 Å². The Morgan fingerprint density at radius 1 is 1.13 bits per heavy atom. The molecule has 0 aliphatic heterocycles. The SMILES string of the molecule is C=CCSSC(CC)CCCCCCC. The lowest BCUT2D eigenvalue weighted by atomic mass is 10.1. The van der Waals surface area contributed by atoms with Crippen LogP contribution in [0.5, 0.6) is 0 Å². The van der Waals surface area contributed by atoms with Crippen LogP contribution >= 0.6 is 21.6 Å². The third-order valence-corrected chi connectivity index (χ3v) is 5.46. The van der Waals surface area contributed by atoms with E-state index in [1.807, 2.05) is 16.9 Å². The number of rotatable bonds is 11. The fraction of sp³-hybridized carbons (Fsp3) is 0.846. The van der Waals surface area contributed by atoms with E-state index in [0.29, 0.717) is 0 Å². The minimum Gasteiger partial charge on any atom is -0.102 e. The van der Waals surface area contributed by atoms with E-state index in [1.54, 1.807) is 0 Å². The molecule has 0 rings (SSSR count). The first-order valence-corrected chi connectivity index (χ1v) is 8.62. The van der Waals surface area contributed by atoms with Gasteiger partial charge in [-0.2, -0.15) is 0 Å². The second-order valence-corrected chi connectivity index (χ2v) is 6.62. The van der Waals surface area contributed by atoms with Crippen LogP contribution in [0, 0.1) is 0 Å². The third kappa shape index (κ3) is 10.7. The zero-order valence-corrected chi connectivity index (χ0v) is 12.0. The summed E-state index contributed by atoms with van der Waals surface area (Å²) in [5.41, 5.74) is 0. The molecule has 15 heavy (non-hydrogen) atoms. The van der Waals surface area contributed by atoms with Gasteiger partial charge in [-0.1, -0.05) is 73.6 Å². The lowest BCUT2D eigenvalue weighted by Gasteiger charge is -2.12. The van der Waals surface area contributed by atoms with Crippen LogP contribution in [-0.2, 0) is 0 Å². The summed E-state index contributed by atoms with van der Waals surface area (Å²) < 4.78 is 0. The van der Waals surface area contributed by atoms with Crippen LogP contribution < -0.4 is 0 Å². The second-order valence-electron chi connectivity index (χ2n) is 3.90. The molecule has 0 heterocycles. The van der Waals surface area contributed by atoms with E-state index < -0.39 is 0 Å². The van der Waals surface area contributed by atoms with Crippen LogP contribution in [0.1, 0.15) is 58.8 Å². The Hall–Kier alpha value is 0.440. The molecule has 1 unspecified atom stereocenters. The van der Waals surface area contributed by atoms with Crippen molar-refractivity contribution in [2.24, 2.45) is 0 Å². The van der Waals surface area contributed by atoms with Gasteiger partial charge >= 0.3 is 0 Å². The van der Waals surface area contributed by atoms with Crippen molar-refractivity contribution in [2.75, 3.05) is 5.75 Å². The maximum atomic E-state index is 3.75. The van der Waals surface area contributed by atoms with Crippen LogP contribution in [-0.4, -0.2) is 11.0 Å². The average molecular weight is 246 g/mol. The first kappa shape index (κ1) is 15.4. The molecule has 0 aliphatic rings. The van der Waals surface area contributed by atoms with Gasteiger partial charge in [-0.3, -0.25) is 0 Å². The molecule has 0 aromatic heterocycles. The van der Waals surface area contributed by atoms with Gasteiger partial charge in [0.1, 0.15) is 0 Å². The summed E-state index contributed by atoms with van der Waals surface area (Å²) in [6.07, 6.45) is 11.7. The molecule has 0 fully saturated rings. The number of hydrogen-bond donors (Lipinski definition) is 0. The van der Waals surface area contributed by atoms with Gasteiger partial charge in [0.25, 0.3) is 0 Å². The minimum absolute atomic E-state index is 0.858. The van der Waals surface area contributed by atoms with E-state index in [-0.39, 0.29) is 0 Å². The summed E-state index contributed by atoms with van der Waals surface area (Å²) in [5.74, 6) is 1.08. The first-order chi connectivity index (χ1) is 7.35. The van der Waals surface area contributed by atoms with Crippen molar-refractivity contribution in [3.63, 3.8) is 0 Å². The second kappa shape index (κ2) is 12.5. The summed E-state index contributed by atoms with van der Waals surface area (Å²) in [4.78, 5) is 0. The van der Waals surface area contributed by atoms with E-state index in [1.165, 1.54) is 44.9 Å². The molecule has 0 nitrogen and oxygen atoms in total. The summed E-state index contributed by atoms with van der Waals surface area (Å²) in [7, 11) is 4.01. The summed E-state index contributed by atoms with van der Waals surface area (Å²) in [6, 6.07) is 0. The van der Waals surface area contributed by atoms with Crippen LogP contribution in [0.3, 0.4) is 0 Å². The fourth-order valence-corrected chi connectivity index (χ4v) is 4.04. The van der Waals surface area contributed by atoms with Gasteiger partial charge in [-0.05, 0) is 12.8 Å². The molecular weight excluding hydrogens is 220 g/mol. The molecular formula is C13H26S2. The van der Waals surface area contributed by atoms with E-state index >= 15 is 0 Å². The molecule has 90 valence electrons. The van der Waals surface area contributed by atoms with Gasteiger partial charge in [0, 0.05) is 11.0 Å². The van der Waals surface area contributed by atoms with E-state index in [4.69, 9.17) is 0 Å². The normalized spacial score (nSPS) is 12.7. The maximum absolute atomic E-state index is 3.75. The molecule has 0 aliphatic carbocycles. The molecule has 2 heteroatoms. The topological polar surface area (TPSA) is 0 Å². The lowest BCUT2D eigenvalue weighted by Crippen LogP contribution is -1.98. The van der Waals surface area contributed by atoms with Gasteiger partial charge in [-0.15, -0.1) is 6.58 Å². The highest BCUT2D eigenvalue weighted by Gasteiger charge is 2.06. The fourth-order valence-electron chi connectivity index (χ4n) is 1.48. The Morgan fingerprint density at radius 3 is 2.47 bits per heavy atom. The standard InChI is InChI=1S/C13H26S2/c1-4-7-8-9-10-11-13(6-3)15-14-12-5-2/h5,13H,2,4,6-12H2,1,3H3. The summed E-state index contributed by atoms with van der Waals surface area (Å²) >= 11 is 0. The van der Waals surface area contributed by atoms with Gasteiger partial charge in [0.15, 0.2) is 0 Å². The van der Waals surface area contributed by atoms with Gasteiger partial charge in [-0.25, -0.2) is 0 Å². The highest BCUT2D eigenvalue weighted by Crippen LogP contribution is 2.31. The Balaban J connectivity index is 3.31. The van der Waals surface area contributed by atoms with E-state index in [0.717, 1.165) is 11.0 Å². The molecule has 0 saturated carbocycles. The Bertz CT molecular complexity index is 134. The molecule has 0 aromatic rings. The molecule has 0 bridgehead atoms. The Kier molecular flexibility index (Phi) is 12.9. The minimum atomic E-state index is 0.858. The summed E-state index contributed by atoms with van der Waals surface area (Å²) in [6.45, 7) is 8.32. The molecule has 0 amide bonds. The molecule has 0 N–H and O–H groups in total. The van der Waals surface area contributed by atoms with Crippen molar-refractivity contribution in [2.45, 2.75) is 64.0 Å². The highest BCUT2D eigenvalue weighted by atomic mass is 33.1. The van der Waals surface area contributed by atoms with Crippen molar-refractivity contribution < 1.29 is 0 Å². The van der Waals surface area contributed by atoms with Gasteiger partial charge < -0.3 is 0 Å². The molecule has 0 radical (unpaired) electrons. The zero-order chi connectivity index (χ0) is 11.4. The van der Waals surface area contributed by atoms with E-state index in [9.17, 15) is 0 Å². The highest BCUT2D eigenvalue weighted by molar-refractivity contribution is 8.77. The number of unbranched alkanes of at least 4 members (excludes halogenated alkanes) is 4. The van der Waals surface area contributed by atoms with Gasteiger partial charge in [0.2, 0.25) is 0 Å². The van der Waals surface area contributed by atoms with Crippen molar-refractivity contribution >= 4 is 21.6 Å². The van der Waals surface area contributed by atoms with Crippen molar-refractivity contribution in [3.05, 3.63) is 12.7 Å². The smallest absolute Gasteiger partial charge is 0.0215 e.